The zero-order valence-electron chi connectivity index (χ0n) is 15.1. The summed E-state index contributed by atoms with van der Waals surface area (Å²) in [5.41, 5.74) is 2.48. The zero-order valence-corrected chi connectivity index (χ0v) is 15.1. The van der Waals surface area contributed by atoms with Crippen molar-refractivity contribution in [3.63, 3.8) is 0 Å². The average Bonchev–Trinajstić information content (AvgIpc) is 2.72. The fourth-order valence-corrected chi connectivity index (χ4v) is 2.60. The Balaban J connectivity index is 1.58. The van der Waals surface area contributed by atoms with E-state index in [0.717, 1.165) is 11.1 Å². The topological polar surface area (TPSA) is 98.7 Å². The van der Waals surface area contributed by atoms with E-state index < -0.39 is 0 Å². The number of aromatic hydroxyl groups is 2. The Kier molecular flexibility index (Phi) is 5.91. The van der Waals surface area contributed by atoms with Crippen LogP contribution in [-0.4, -0.2) is 22.0 Å². The first-order chi connectivity index (χ1) is 13.5. The van der Waals surface area contributed by atoms with Gasteiger partial charge in [-0.25, -0.2) is 0 Å². The van der Waals surface area contributed by atoms with E-state index in [4.69, 9.17) is 0 Å². The number of carbonyl (C=O) groups excluding carboxylic acids is 2. The van der Waals surface area contributed by atoms with Gasteiger partial charge in [0, 0.05) is 24.2 Å². The first kappa shape index (κ1) is 19.0. The first-order valence-corrected chi connectivity index (χ1v) is 8.73. The van der Waals surface area contributed by atoms with E-state index in [1.54, 1.807) is 66.7 Å². The summed E-state index contributed by atoms with van der Waals surface area (Å²) < 4.78 is 0. The molecule has 0 saturated carbocycles. The van der Waals surface area contributed by atoms with Crippen molar-refractivity contribution < 1.29 is 19.8 Å². The lowest BCUT2D eigenvalue weighted by Crippen LogP contribution is -2.25. The standard InChI is InChI=1S/C22H20N2O4/c25-19-8-4-15(5-9-19)13-23-21(27)17-2-1-3-18(12-17)22(28)24-14-16-6-10-20(26)11-7-16/h1-12,25-26H,13-14H2,(H,23,27)(H,24,28). The van der Waals surface area contributed by atoms with E-state index in [1.807, 2.05) is 0 Å². The average molecular weight is 376 g/mol. The maximum absolute atomic E-state index is 12.4. The van der Waals surface area contributed by atoms with E-state index in [2.05, 4.69) is 10.6 Å². The van der Waals surface area contributed by atoms with Crippen LogP contribution in [0.5, 0.6) is 11.5 Å². The number of phenols is 2. The summed E-state index contributed by atoms with van der Waals surface area (Å²) in [6.07, 6.45) is 0. The largest absolute Gasteiger partial charge is 0.508 e. The number of phenolic OH excluding ortho intramolecular Hbond substituents is 2. The predicted octanol–water partition coefficient (Wildman–Crippen LogP) is 2.96. The van der Waals surface area contributed by atoms with Gasteiger partial charge in [0.1, 0.15) is 11.5 Å². The molecular formula is C22H20N2O4. The molecular weight excluding hydrogens is 356 g/mol. The maximum Gasteiger partial charge on any atom is 0.251 e. The molecule has 0 radical (unpaired) electrons. The maximum atomic E-state index is 12.4. The van der Waals surface area contributed by atoms with Crippen LogP contribution in [0.4, 0.5) is 0 Å². The minimum atomic E-state index is -0.291. The molecule has 3 aromatic rings. The second kappa shape index (κ2) is 8.73. The molecule has 3 rings (SSSR count). The first-order valence-electron chi connectivity index (χ1n) is 8.73. The highest BCUT2D eigenvalue weighted by Gasteiger charge is 2.10. The molecule has 0 bridgehead atoms. The molecule has 4 N–H and O–H groups in total. The number of amides is 2. The van der Waals surface area contributed by atoms with Gasteiger partial charge in [0.15, 0.2) is 0 Å². The summed E-state index contributed by atoms with van der Waals surface area (Å²) in [7, 11) is 0. The molecule has 0 heterocycles. The minimum Gasteiger partial charge on any atom is -0.508 e. The highest BCUT2D eigenvalue weighted by Crippen LogP contribution is 2.11. The minimum absolute atomic E-state index is 0.168. The highest BCUT2D eigenvalue weighted by molar-refractivity contribution is 5.99. The monoisotopic (exact) mass is 376 g/mol. The SMILES string of the molecule is O=C(NCc1ccc(O)cc1)c1cccc(C(=O)NCc2ccc(O)cc2)c1. The Morgan fingerprint density at radius 3 is 1.43 bits per heavy atom. The highest BCUT2D eigenvalue weighted by atomic mass is 16.3. The van der Waals surface area contributed by atoms with E-state index in [0.29, 0.717) is 24.2 Å². The fraction of sp³-hybridized carbons (Fsp3) is 0.0909. The molecule has 0 unspecified atom stereocenters. The van der Waals surface area contributed by atoms with Gasteiger partial charge in [-0.3, -0.25) is 9.59 Å². The summed E-state index contributed by atoms with van der Waals surface area (Å²) >= 11 is 0. The summed E-state index contributed by atoms with van der Waals surface area (Å²) in [6.45, 7) is 0.632. The predicted molar refractivity (Wildman–Crippen MR) is 105 cm³/mol. The number of hydrogen-bond donors (Lipinski definition) is 4. The molecule has 3 aromatic carbocycles. The van der Waals surface area contributed by atoms with Crippen molar-refractivity contribution in [2.75, 3.05) is 0 Å². The van der Waals surface area contributed by atoms with Crippen molar-refractivity contribution in [2.24, 2.45) is 0 Å². The van der Waals surface area contributed by atoms with Crippen molar-refractivity contribution in [2.45, 2.75) is 13.1 Å². The quantitative estimate of drug-likeness (QED) is 0.532. The summed E-state index contributed by atoms with van der Waals surface area (Å²) in [6, 6.07) is 19.6. The Morgan fingerprint density at radius 2 is 1.04 bits per heavy atom. The summed E-state index contributed by atoms with van der Waals surface area (Å²) in [5, 5.41) is 24.1. The lowest BCUT2D eigenvalue weighted by Gasteiger charge is -2.08. The Morgan fingerprint density at radius 1 is 0.643 bits per heavy atom. The molecule has 0 aromatic heterocycles. The number of rotatable bonds is 6. The van der Waals surface area contributed by atoms with Crippen molar-refractivity contribution in [3.05, 3.63) is 95.1 Å². The van der Waals surface area contributed by atoms with E-state index in [9.17, 15) is 19.8 Å². The van der Waals surface area contributed by atoms with Gasteiger partial charge >= 0.3 is 0 Å². The van der Waals surface area contributed by atoms with Gasteiger partial charge in [-0.05, 0) is 53.6 Å². The second-order valence-corrected chi connectivity index (χ2v) is 6.28. The third-order valence-corrected chi connectivity index (χ3v) is 4.17. The molecule has 0 atom stereocenters. The molecule has 28 heavy (non-hydrogen) atoms. The smallest absolute Gasteiger partial charge is 0.251 e. The number of nitrogens with one attached hydrogen (secondary N) is 2. The van der Waals surface area contributed by atoms with Crippen LogP contribution in [-0.2, 0) is 13.1 Å². The van der Waals surface area contributed by atoms with Gasteiger partial charge in [0.05, 0.1) is 0 Å². The molecule has 142 valence electrons. The van der Waals surface area contributed by atoms with Crippen molar-refractivity contribution in [1.29, 1.82) is 0 Å². The zero-order chi connectivity index (χ0) is 19.9. The van der Waals surface area contributed by atoms with Crippen molar-refractivity contribution in [1.82, 2.24) is 10.6 Å². The third-order valence-electron chi connectivity index (χ3n) is 4.17. The molecule has 6 nitrogen and oxygen atoms in total. The van der Waals surface area contributed by atoms with E-state index >= 15 is 0 Å². The van der Waals surface area contributed by atoms with Gasteiger partial charge in [-0.2, -0.15) is 0 Å². The van der Waals surface area contributed by atoms with Crippen LogP contribution < -0.4 is 10.6 Å². The van der Waals surface area contributed by atoms with Crippen molar-refractivity contribution in [3.8, 4) is 11.5 Å². The van der Waals surface area contributed by atoms with Crippen molar-refractivity contribution >= 4 is 11.8 Å². The number of carbonyl (C=O) groups is 2. The van der Waals surface area contributed by atoms with Crippen LogP contribution in [0.2, 0.25) is 0 Å². The Hall–Kier alpha value is -3.80. The van der Waals surface area contributed by atoms with Crippen LogP contribution in [0.25, 0.3) is 0 Å². The molecule has 0 fully saturated rings. The fourth-order valence-electron chi connectivity index (χ4n) is 2.60. The molecule has 0 aliphatic heterocycles. The van der Waals surface area contributed by atoms with Gasteiger partial charge in [0.2, 0.25) is 0 Å². The molecule has 0 aliphatic carbocycles. The third kappa shape index (κ3) is 5.11. The van der Waals surface area contributed by atoms with Crippen LogP contribution >= 0.6 is 0 Å². The van der Waals surface area contributed by atoms with Crippen LogP contribution in [0, 0.1) is 0 Å². The lowest BCUT2D eigenvalue weighted by atomic mass is 10.1. The number of benzene rings is 3. The van der Waals surface area contributed by atoms with Gasteiger partial charge in [-0.15, -0.1) is 0 Å². The normalized spacial score (nSPS) is 10.3. The molecule has 2 amide bonds. The molecule has 0 saturated heterocycles. The lowest BCUT2D eigenvalue weighted by molar-refractivity contribution is 0.0950. The van der Waals surface area contributed by atoms with Gasteiger partial charge in [0.25, 0.3) is 11.8 Å². The van der Waals surface area contributed by atoms with Crippen LogP contribution in [0.1, 0.15) is 31.8 Å². The van der Waals surface area contributed by atoms with E-state index in [1.165, 1.54) is 6.07 Å². The summed E-state index contributed by atoms with van der Waals surface area (Å²) in [5.74, 6) is -0.246. The molecule has 6 heteroatoms. The second-order valence-electron chi connectivity index (χ2n) is 6.28. The molecule has 0 aliphatic rings. The van der Waals surface area contributed by atoms with Crippen LogP contribution in [0.3, 0.4) is 0 Å². The summed E-state index contributed by atoms with van der Waals surface area (Å²) in [4.78, 5) is 24.7. The van der Waals surface area contributed by atoms with Crippen LogP contribution in [0.15, 0.2) is 72.8 Å². The Bertz CT molecular complexity index is 890. The molecule has 0 spiro atoms. The number of hydrogen-bond acceptors (Lipinski definition) is 4. The van der Waals surface area contributed by atoms with Gasteiger partial charge < -0.3 is 20.8 Å². The van der Waals surface area contributed by atoms with E-state index in [-0.39, 0.29) is 23.3 Å². The Labute approximate surface area is 162 Å². The van der Waals surface area contributed by atoms with Gasteiger partial charge in [-0.1, -0.05) is 30.3 Å².